The van der Waals surface area contributed by atoms with Crippen molar-refractivity contribution in [3.8, 4) is 0 Å². The van der Waals surface area contributed by atoms with E-state index in [-0.39, 0.29) is 5.97 Å². The average Bonchev–Trinajstić information content (AvgIpc) is 2.69. The molecule has 0 aliphatic heterocycles. The van der Waals surface area contributed by atoms with Gasteiger partial charge in [-0.1, -0.05) is 19.8 Å². The molecule has 0 bridgehead atoms. The SMILES string of the molecule is CCNC(CC(=O)OC)C1CCCC1. The zero-order valence-corrected chi connectivity index (χ0v) is 9.21. The number of ether oxygens (including phenoxy) is 1. The highest BCUT2D eigenvalue weighted by molar-refractivity contribution is 5.69. The van der Waals surface area contributed by atoms with E-state index in [0.29, 0.717) is 18.4 Å². The van der Waals surface area contributed by atoms with Crippen LogP contribution in [0.3, 0.4) is 0 Å². The van der Waals surface area contributed by atoms with Crippen LogP contribution in [0.15, 0.2) is 0 Å². The summed E-state index contributed by atoms with van der Waals surface area (Å²) in [6.45, 7) is 3.01. The molecule has 1 aliphatic carbocycles. The van der Waals surface area contributed by atoms with E-state index < -0.39 is 0 Å². The Bertz CT molecular complexity index is 176. The molecular weight excluding hydrogens is 178 g/mol. The first-order valence-corrected chi connectivity index (χ1v) is 5.58. The molecular formula is C11H21NO2. The van der Waals surface area contributed by atoms with Gasteiger partial charge in [-0.15, -0.1) is 0 Å². The minimum absolute atomic E-state index is 0.0946. The van der Waals surface area contributed by atoms with E-state index in [1.807, 2.05) is 0 Å². The van der Waals surface area contributed by atoms with Crippen LogP contribution in [0.1, 0.15) is 39.0 Å². The number of hydrogen-bond donors (Lipinski definition) is 1. The Kier molecular flexibility index (Phi) is 4.94. The second kappa shape index (κ2) is 6.02. The third kappa shape index (κ3) is 3.29. The number of carbonyl (C=O) groups excluding carboxylic acids is 1. The van der Waals surface area contributed by atoms with Gasteiger partial charge < -0.3 is 10.1 Å². The van der Waals surface area contributed by atoms with Crippen molar-refractivity contribution >= 4 is 5.97 Å². The Balaban J connectivity index is 2.40. The highest BCUT2D eigenvalue weighted by atomic mass is 16.5. The molecule has 3 heteroatoms. The number of rotatable bonds is 5. The zero-order chi connectivity index (χ0) is 10.4. The van der Waals surface area contributed by atoms with Gasteiger partial charge in [-0.05, 0) is 25.3 Å². The van der Waals surface area contributed by atoms with Gasteiger partial charge in [0, 0.05) is 6.04 Å². The maximum absolute atomic E-state index is 11.2. The van der Waals surface area contributed by atoms with Crippen molar-refractivity contribution in [2.45, 2.75) is 45.1 Å². The second-order valence-corrected chi connectivity index (χ2v) is 3.99. The van der Waals surface area contributed by atoms with E-state index in [4.69, 9.17) is 4.74 Å². The molecule has 3 nitrogen and oxygen atoms in total. The van der Waals surface area contributed by atoms with Gasteiger partial charge in [0.15, 0.2) is 0 Å². The molecule has 14 heavy (non-hydrogen) atoms. The standard InChI is InChI=1S/C11H21NO2/c1-3-12-10(8-11(13)14-2)9-6-4-5-7-9/h9-10,12H,3-8H2,1-2H3. The minimum atomic E-state index is -0.0946. The van der Waals surface area contributed by atoms with Crippen molar-refractivity contribution in [2.24, 2.45) is 5.92 Å². The molecule has 0 aromatic rings. The van der Waals surface area contributed by atoms with Gasteiger partial charge in [-0.2, -0.15) is 0 Å². The Labute approximate surface area is 86.2 Å². The van der Waals surface area contributed by atoms with Gasteiger partial charge >= 0.3 is 5.97 Å². The highest BCUT2D eigenvalue weighted by Crippen LogP contribution is 2.29. The van der Waals surface area contributed by atoms with Crippen molar-refractivity contribution in [3.05, 3.63) is 0 Å². The fraction of sp³-hybridized carbons (Fsp3) is 0.909. The quantitative estimate of drug-likeness (QED) is 0.685. The normalized spacial score (nSPS) is 19.6. The summed E-state index contributed by atoms with van der Waals surface area (Å²) < 4.78 is 4.71. The first-order valence-electron chi connectivity index (χ1n) is 5.58. The molecule has 1 aliphatic rings. The monoisotopic (exact) mass is 199 g/mol. The molecule has 1 N–H and O–H groups in total. The maximum atomic E-state index is 11.2. The third-order valence-corrected chi connectivity index (χ3v) is 3.05. The third-order valence-electron chi connectivity index (χ3n) is 3.05. The van der Waals surface area contributed by atoms with Crippen molar-refractivity contribution < 1.29 is 9.53 Å². The van der Waals surface area contributed by atoms with E-state index in [2.05, 4.69) is 12.2 Å². The van der Waals surface area contributed by atoms with Crippen LogP contribution in [0.4, 0.5) is 0 Å². The van der Waals surface area contributed by atoms with Crippen LogP contribution in [0.2, 0.25) is 0 Å². The topological polar surface area (TPSA) is 38.3 Å². The second-order valence-electron chi connectivity index (χ2n) is 3.99. The zero-order valence-electron chi connectivity index (χ0n) is 9.21. The molecule has 0 heterocycles. The van der Waals surface area contributed by atoms with Gasteiger partial charge in [-0.25, -0.2) is 0 Å². The summed E-state index contributed by atoms with van der Waals surface area (Å²) in [4.78, 5) is 11.2. The molecule has 1 fully saturated rings. The maximum Gasteiger partial charge on any atom is 0.307 e. The Morgan fingerprint density at radius 2 is 2.14 bits per heavy atom. The predicted octanol–water partition coefficient (Wildman–Crippen LogP) is 1.72. The highest BCUT2D eigenvalue weighted by Gasteiger charge is 2.26. The number of nitrogens with one attached hydrogen (secondary N) is 1. The van der Waals surface area contributed by atoms with Crippen LogP contribution in [0.5, 0.6) is 0 Å². The molecule has 0 aromatic carbocycles. The fourth-order valence-electron chi connectivity index (χ4n) is 2.29. The van der Waals surface area contributed by atoms with E-state index in [9.17, 15) is 4.79 Å². The van der Waals surface area contributed by atoms with E-state index in [0.717, 1.165) is 6.54 Å². The van der Waals surface area contributed by atoms with Crippen molar-refractivity contribution in [3.63, 3.8) is 0 Å². The Morgan fingerprint density at radius 3 is 2.64 bits per heavy atom. The first kappa shape index (κ1) is 11.5. The summed E-state index contributed by atoms with van der Waals surface area (Å²) in [6.07, 6.45) is 5.67. The van der Waals surface area contributed by atoms with Crippen LogP contribution in [-0.2, 0) is 9.53 Å². The lowest BCUT2D eigenvalue weighted by Gasteiger charge is -2.22. The predicted molar refractivity (Wildman–Crippen MR) is 56.1 cm³/mol. The summed E-state index contributed by atoms with van der Waals surface area (Å²) in [6, 6.07) is 0.329. The molecule has 0 spiro atoms. The van der Waals surface area contributed by atoms with Crippen molar-refractivity contribution in [1.29, 1.82) is 0 Å². The Morgan fingerprint density at radius 1 is 1.50 bits per heavy atom. The lowest BCUT2D eigenvalue weighted by Crippen LogP contribution is -2.37. The minimum Gasteiger partial charge on any atom is -0.469 e. The molecule has 0 aromatic heterocycles. The molecule has 1 saturated carbocycles. The first-order chi connectivity index (χ1) is 6.77. The fourth-order valence-corrected chi connectivity index (χ4v) is 2.29. The van der Waals surface area contributed by atoms with Gasteiger partial charge in [0.05, 0.1) is 13.5 Å². The molecule has 0 saturated heterocycles. The summed E-state index contributed by atoms with van der Waals surface area (Å²) in [5.74, 6) is 0.580. The number of hydrogen-bond acceptors (Lipinski definition) is 3. The van der Waals surface area contributed by atoms with Crippen LogP contribution in [0, 0.1) is 5.92 Å². The number of esters is 1. The van der Waals surface area contributed by atoms with Gasteiger partial charge in [0.2, 0.25) is 0 Å². The molecule has 1 unspecified atom stereocenters. The van der Waals surface area contributed by atoms with Gasteiger partial charge in [0.25, 0.3) is 0 Å². The van der Waals surface area contributed by atoms with Crippen molar-refractivity contribution in [1.82, 2.24) is 5.32 Å². The molecule has 0 amide bonds. The molecule has 82 valence electrons. The van der Waals surface area contributed by atoms with Crippen LogP contribution < -0.4 is 5.32 Å². The number of methoxy groups -OCH3 is 1. The lowest BCUT2D eigenvalue weighted by atomic mass is 9.95. The number of carbonyl (C=O) groups is 1. The van der Waals surface area contributed by atoms with Crippen LogP contribution in [-0.4, -0.2) is 25.7 Å². The van der Waals surface area contributed by atoms with E-state index >= 15 is 0 Å². The summed E-state index contributed by atoms with van der Waals surface area (Å²) in [5.41, 5.74) is 0. The summed E-state index contributed by atoms with van der Waals surface area (Å²) >= 11 is 0. The van der Waals surface area contributed by atoms with Crippen LogP contribution >= 0.6 is 0 Å². The average molecular weight is 199 g/mol. The Hall–Kier alpha value is -0.570. The smallest absolute Gasteiger partial charge is 0.307 e. The lowest BCUT2D eigenvalue weighted by molar-refractivity contribution is -0.141. The summed E-state index contributed by atoms with van der Waals surface area (Å²) in [5, 5.41) is 3.39. The largest absolute Gasteiger partial charge is 0.469 e. The van der Waals surface area contributed by atoms with Gasteiger partial charge in [0.1, 0.15) is 0 Å². The molecule has 1 rings (SSSR count). The van der Waals surface area contributed by atoms with E-state index in [1.165, 1.54) is 32.8 Å². The molecule has 1 atom stereocenters. The molecule has 0 radical (unpaired) electrons. The van der Waals surface area contributed by atoms with Crippen molar-refractivity contribution in [2.75, 3.05) is 13.7 Å². The van der Waals surface area contributed by atoms with Crippen LogP contribution in [0.25, 0.3) is 0 Å². The van der Waals surface area contributed by atoms with Gasteiger partial charge in [-0.3, -0.25) is 4.79 Å². The van der Waals surface area contributed by atoms with E-state index in [1.54, 1.807) is 0 Å². The summed E-state index contributed by atoms with van der Waals surface area (Å²) in [7, 11) is 1.46.